The monoisotopic (exact) mass is 378 g/mol. The van der Waals surface area contributed by atoms with Gasteiger partial charge in [0.25, 0.3) is 11.6 Å². The van der Waals surface area contributed by atoms with Gasteiger partial charge in [-0.1, -0.05) is 6.92 Å². The Morgan fingerprint density at radius 3 is 2.70 bits per heavy atom. The Bertz CT molecular complexity index is 820. The summed E-state index contributed by atoms with van der Waals surface area (Å²) in [6.07, 6.45) is 2.61. The molecule has 0 aromatic heterocycles. The minimum atomic E-state index is -0.972. The standard InChI is InChI=1S/C17H19FN4O5/c1-10-4-6-17(7-5-10)15(24)21(16(25)20-17)9-14(23)19-13-8-11(22(26)27)2-3-12(13)18/h2-3,8,10H,4-7,9H2,1H3,(H,19,23)(H,20,25). The van der Waals surface area contributed by atoms with Gasteiger partial charge in [-0.05, 0) is 37.7 Å². The summed E-state index contributed by atoms with van der Waals surface area (Å²) < 4.78 is 13.8. The number of nitro groups is 1. The predicted molar refractivity (Wildman–Crippen MR) is 92.3 cm³/mol. The largest absolute Gasteiger partial charge is 0.325 e. The van der Waals surface area contributed by atoms with E-state index < -0.39 is 46.4 Å². The summed E-state index contributed by atoms with van der Waals surface area (Å²) in [7, 11) is 0. The van der Waals surface area contributed by atoms with E-state index in [0.29, 0.717) is 18.8 Å². The molecular weight excluding hydrogens is 359 g/mol. The van der Waals surface area contributed by atoms with Crippen molar-refractivity contribution in [1.82, 2.24) is 10.2 Å². The van der Waals surface area contributed by atoms with Crippen LogP contribution < -0.4 is 10.6 Å². The molecule has 3 rings (SSSR count). The van der Waals surface area contributed by atoms with E-state index >= 15 is 0 Å². The number of nitrogens with zero attached hydrogens (tertiary/aromatic N) is 2. The van der Waals surface area contributed by atoms with Crippen LogP contribution in [0.15, 0.2) is 18.2 Å². The van der Waals surface area contributed by atoms with E-state index in [2.05, 4.69) is 17.6 Å². The van der Waals surface area contributed by atoms with Crippen molar-refractivity contribution in [2.24, 2.45) is 5.92 Å². The van der Waals surface area contributed by atoms with Crippen LogP contribution in [-0.4, -0.2) is 39.8 Å². The van der Waals surface area contributed by atoms with Gasteiger partial charge < -0.3 is 10.6 Å². The quantitative estimate of drug-likeness (QED) is 0.472. The minimum absolute atomic E-state index is 0.387. The van der Waals surface area contributed by atoms with Gasteiger partial charge in [0.05, 0.1) is 10.6 Å². The zero-order valence-corrected chi connectivity index (χ0v) is 14.7. The highest BCUT2D eigenvalue weighted by Crippen LogP contribution is 2.36. The topological polar surface area (TPSA) is 122 Å². The average molecular weight is 378 g/mol. The van der Waals surface area contributed by atoms with Crippen LogP contribution >= 0.6 is 0 Å². The molecule has 9 nitrogen and oxygen atoms in total. The fourth-order valence-electron chi connectivity index (χ4n) is 3.47. The van der Waals surface area contributed by atoms with Crippen LogP contribution in [0.1, 0.15) is 32.6 Å². The highest BCUT2D eigenvalue weighted by atomic mass is 19.1. The zero-order valence-electron chi connectivity index (χ0n) is 14.7. The second-order valence-corrected chi connectivity index (χ2v) is 7.06. The van der Waals surface area contributed by atoms with Gasteiger partial charge in [0.15, 0.2) is 0 Å². The van der Waals surface area contributed by atoms with Gasteiger partial charge in [-0.15, -0.1) is 0 Å². The van der Waals surface area contributed by atoms with Gasteiger partial charge >= 0.3 is 6.03 Å². The molecule has 1 aliphatic carbocycles. The molecule has 0 bridgehead atoms. The molecule has 1 aliphatic heterocycles. The maximum absolute atomic E-state index is 13.8. The SMILES string of the molecule is CC1CCC2(CC1)NC(=O)N(CC(=O)Nc1cc([N+](=O)[O-])ccc1F)C2=O. The number of carbonyl (C=O) groups excluding carboxylic acids is 3. The molecule has 2 fully saturated rings. The van der Waals surface area contributed by atoms with Gasteiger partial charge in [0.2, 0.25) is 5.91 Å². The Morgan fingerprint density at radius 1 is 1.41 bits per heavy atom. The molecule has 0 unspecified atom stereocenters. The fraction of sp³-hybridized carbons (Fsp3) is 0.471. The lowest BCUT2D eigenvalue weighted by Crippen LogP contribution is -2.49. The predicted octanol–water partition coefficient (Wildman–Crippen LogP) is 2.17. The summed E-state index contributed by atoms with van der Waals surface area (Å²) >= 11 is 0. The van der Waals surface area contributed by atoms with Crippen LogP contribution in [-0.2, 0) is 9.59 Å². The molecular formula is C17H19FN4O5. The van der Waals surface area contributed by atoms with Gasteiger partial charge in [-0.3, -0.25) is 24.6 Å². The summed E-state index contributed by atoms with van der Waals surface area (Å²) in [5.74, 6) is -1.67. The van der Waals surface area contributed by atoms with Gasteiger partial charge in [0, 0.05) is 12.1 Å². The Hall–Kier alpha value is -3.04. The van der Waals surface area contributed by atoms with Crippen molar-refractivity contribution in [2.45, 2.75) is 38.1 Å². The van der Waals surface area contributed by atoms with Crippen molar-refractivity contribution in [3.63, 3.8) is 0 Å². The molecule has 0 atom stereocenters. The Morgan fingerprint density at radius 2 is 2.07 bits per heavy atom. The first-order chi connectivity index (χ1) is 12.7. The lowest BCUT2D eigenvalue weighted by molar-refractivity contribution is -0.384. The van der Waals surface area contributed by atoms with Crippen LogP contribution in [0.25, 0.3) is 0 Å². The second-order valence-electron chi connectivity index (χ2n) is 7.06. The number of urea groups is 1. The van der Waals surface area contributed by atoms with Crippen molar-refractivity contribution in [3.8, 4) is 0 Å². The highest BCUT2D eigenvalue weighted by molar-refractivity contribution is 6.10. The number of hydrogen-bond donors (Lipinski definition) is 2. The Kier molecular flexibility index (Phi) is 4.81. The van der Waals surface area contributed by atoms with Crippen molar-refractivity contribution >= 4 is 29.2 Å². The van der Waals surface area contributed by atoms with E-state index in [1.54, 1.807) is 0 Å². The maximum Gasteiger partial charge on any atom is 0.325 e. The molecule has 10 heteroatoms. The molecule has 4 amide bonds. The van der Waals surface area contributed by atoms with Crippen molar-refractivity contribution in [3.05, 3.63) is 34.1 Å². The number of halogens is 1. The number of nitrogens with one attached hydrogen (secondary N) is 2. The molecule has 1 aromatic rings. The lowest BCUT2D eigenvalue weighted by atomic mass is 9.77. The van der Waals surface area contributed by atoms with Crippen LogP contribution in [0.4, 0.5) is 20.6 Å². The van der Waals surface area contributed by atoms with Gasteiger partial charge in [0.1, 0.15) is 17.9 Å². The van der Waals surface area contributed by atoms with E-state index in [4.69, 9.17) is 0 Å². The lowest BCUT2D eigenvalue weighted by Gasteiger charge is -2.33. The molecule has 1 heterocycles. The molecule has 2 aliphatic rings. The van der Waals surface area contributed by atoms with E-state index in [0.717, 1.165) is 35.9 Å². The molecule has 27 heavy (non-hydrogen) atoms. The van der Waals surface area contributed by atoms with Crippen molar-refractivity contribution in [1.29, 1.82) is 0 Å². The Balaban J connectivity index is 1.69. The smallest absolute Gasteiger partial charge is 0.323 e. The number of hydrogen-bond acceptors (Lipinski definition) is 5. The highest BCUT2D eigenvalue weighted by Gasteiger charge is 2.52. The summed E-state index contributed by atoms with van der Waals surface area (Å²) in [6.45, 7) is 1.48. The summed E-state index contributed by atoms with van der Waals surface area (Å²) in [5, 5.41) is 15.6. The molecule has 1 aromatic carbocycles. The molecule has 2 N–H and O–H groups in total. The zero-order chi connectivity index (χ0) is 19.8. The average Bonchev–Trinajstić information content (AvgIpc) is 2.84. The number of nitro benzene ring substituents is 1. The normalized spacial score (nSPS) is 24.8. The number of carbonyl (C=O) groups is 3. The first-order valence-electron chi connectivity index (χ1n) is 8.60. The van der Waals surface area contributed by atoms with Crippen LogP contribution in [0.5, 0.6) is 0 Å². The number of imide groups is 1. The fourth-order valence-corrected chi connectivity index (χ4v) is 3.47. The first kappa shape index (κ1) is 18.7. The third kappa shape index (κ3) is 3.60. The number of non-ortho nitro benzene ring substituents is 1. The summed E-state index contributed by atoms with van der Waals surface area (Å²) in [4.78, 5) is 47.9. The number of rotatable bonds is 4. The third-order valence-corrected chi connectivity index (χ3v) is 5.11. The van der Waals surface area contributed by atoms with Crippen LogP contribution in [0.2, 0.25) is 0 Å². The van der Waals surface area contributed by atoms with Gasteiger partial charge in [-0.2, -0.15) is 0 Å². The molecule has 144 valence electrons. The third-order valence-electron chi connectivity index (χ3n) is 5.11. The van der Waals surface area contributed by atoms with E-state index in [-0.39, 0.29) is 5.69 Å². The summed E-state index contributed by atoms with van der Waals surface area (Å²) in [6, 6.07) is 2.04. The van der Waals surface area contributed by atoms with Crippen LogP contribution in [0, 0.1) is 21.8 Å². The van der Waals surface area contributed by atoms with E-state index in [9.17, 15) is 28.9 Å². The number of anilines is 1. The second kappa shape index (κ2) is 6.93. The van der Waals surface area contributed by atoms with E-state index in [1.807, 2.05) is 0 Å². The van der Waals surface area contributed by atoms with Gasteiger partial charge in [-0.25, -0.2) is 9.18 Å². The first-order valence-corrected chi connectivity index (χ1v) is 8.60. The van der Waals surface area contributed by atoms with Crippen molar-refractivity contribution < 1.29 is 23.7 Å². The minimum Gasteiger partial charge on any atom is -0.323 e. The molecule has 1 spiro atoms. The van der Waals surface area contributed by atoms with Crippen LogP contribution in [0.3, 0.4) is 0 Å². The van der Waals surface area contributed by atoms with E-state index in [1.165, 1.54) is 0 Å². The summed E-state index contributed by atoms with van der Waals surface area (Å²) in [5.41, 5.74) is -1.75. The van der Waals surface area contributed by atoms with Crippen molar-refractivity contribution in [2.75, 3.05) is 11.9 Å². The molecule has 0 radical (unpaired) electrons. The molecule has 1 saturated heterocycles. The number of amides is 4. The Labute approximate surface area is 154 Å². The molecule has 1 saturated carbocycles. The number of benzene rings is 1. The maximum atomic E-state index is 13.8.